The Kier molecular flexibility index (Phi) is 7.42. The number of unbranched alkanes of at least 4 members (excludes halogenated alkanes) is 1. The normalized spacial score (nSPS) is 26.4. The van der Waals surface area contributed by atoms with E-state index in [1.54, 1.807) is 0 Å². The van der Waals surface area contributed by atoms with Gasteiger partial charge in [-0.05, 0) is 37.0 Å². The summed E-state index contributed by atoms with van der Waals surface area (Å²) in [6.45, 7) is 11.9. The Hall–Kier alpha value is -0.0400. The van der Waals surface area contributed by atoms with Crippen molar-refractivity contribution in [2.24, 2.45) is 11.3 Å². The third-order valence-corrected chi connectivity index (χ3v) is 4.87. The van der Waals surface area contributed by atoms with Crippen LogP contribution >= 0.6 is 0 Å². The van der Waals surface area contributed by atoms with E-state index in [2.05, 4.69) is 39.9 Å². The Morgan fingerprint density at radius 1 is 1.00 bits per heavy atom. The Balaban J connectivity index is 2.58. The van der Waals surface area contributed by atoms with Crippen LogP contribution < -0.4 is 5.32 Å². The predicted octanol–water partition coefficient (Wildman–Crippen LogP) is 5.54. The first-order chi connectivity index (χ1) is 8.99. The number of hydrogen-bond acceptors (Lipinski definition) is 1. The highest BCUT2D eigenvalue weighted by atomic mass is 15.0. The van der Waals surface area contributed by atoms with Gasteiger partial charge in [0.25, 0.3) is 0 Å². The molecule has 0 heterocycles. The molecule has 0 amide bonds. The van der Waals surface area contributed by atoms with E-state index in [0.29, 0.717) is 5.41 Å². The molecule has 1 nitrogen and oxygen atoms in total. The first kappa shape index (κ1) is 17.0. The Labute approximate surface area is 121 Å². The molecule has 0 saturated heterocycles. The molecule has 1 aliphatic carbocycles. The topological polar surface area (TPSA) is 12.0 Å². The molecule has 1 aliphatic rings. The number of hydrogen-bond donors (Lipinski definition) is 1. The van der Waals surface area contributed by atoms with E-state index in [9.17, 15) is 0 Å². The van der Waals surface area contributed by atoms with Gasteiger partial charge in [-0.2, -0.15) is 0 Å². The van der Waals surface area contributed by atoms with Crippen LogP contribution in [0.1, 0.15) is 92.4 Å². The molecule has 1 heteroatoms. The molecule has 19 heavy (non-hydrogen) atoms. The minimum absolute atomic E-state index is 0.458. The van der Waals surface area contributed by atoms with Crippen molar-refractivity contribution in [2.45, 2.75) is 104 Å². The SMILES string of the molecule is CCCCC(CCC)NC1CCCCC1C(C)(C)C. The van der Waals surface area contributed by atoms with Crippen molar-refractivity contribution >= 4 is 0 Å². The van der Waals surface area contributed by atoms with Crippen molar-refractivity contribution in [3.8, 4) is 0 Å². The number of rotatable bonds is 7. The van der Waals surface area contributed by atoms with Crippen LogP contribution in [-0.2, 0) is 0 Å². The highest BCUT2D eigenvalue weighted by Gasteiger charge is 2.34. The van der Waals surface area contributed by atoms with E-state index in [-0.39, 0.29) is 0 Å². The smallest absolute Gasteiger partial charge is 0.0103 e. The van der Waals surface area contributed by atoms with Gasteiger partial charge in [-0.1, -0.05) is 66.7 Å². The van der Waals surface area contributed by atoms with Gasteiger partial charge in [0.1, 0.15) is 0 Å². The molecule has 0 bridgehead atoms. The van der Waals surface area contributed by atoms with Gasteiger partial charge >= 0.3 is 0 Å². The molecule has 0 spiro atoms. The van der Waals surface area contributed by atoms with Gasteiger partial charge in [-0.25, -0.2) is 0 Å². The van der Waals surface area contributed by atoms with E-state index in [4.69, 9.17) is 0 Å². The molecule has 1 N–H and O–H groups in total. The van der Waals surface area contributed by atoms with Crippen LogP contribution in [0.5, 0.6) is 0 Å². The fourth-order valence-electron chi connectivity index (χ4n) is 3.78. The van der Waals surface area contributed by atoms with E-state index in [0.717, 1.165) is 18.0 Å². The lowest BCUT2D eigenvalue weighted by molar-refractivity contribution is 0.120. The van der Waals surface area contributed by atoms with Crippen LogP contribution in [0.25, 0.3) is 0 Å². The second-order valence-corrected chi connectivity index (χ2v) is 7.66. The summed E-state index contributed by atoms with van der Waals surface area (Å²) in [5.74, 6) is 0.863. The molecule has 1 rings (SSSR count). The maximum atomic E-state index is 4.05. The Morgan fingerprint density at radius 3 is 2.26 bits per heavy atom. The number of nitrogens with one attached hydrogen (secondary N) is 1. The van der Waals surface area contributed by atoms with Crippen LogP contribution in [0, 0.1) is 11.3 Å². The summed E-state index contributed by atoms with van der Waals surface area (Å²) in [5.41, 5.74) is 0.458. The quantitative estimate of drug-likeness (QED) is 0.638. The fraction of sp³-hybridized carbons (Fsp3) is 1.00. The molecular formula is C18H37N. The summed E-state index contributed by atoms with van der Waals surface area (Å²) in [7, 11) is 0. The van der Waals surface area contributed by atoms with Gasteiger partial charge in [0, 0.05) is 12.1 Å². The molecule has 0 aromatic heterocycles. The molecule has 3 atom stereocenters. The zero-order valence-corrected chi connectivity index (χ0v) is 14.1. The monoisotopic (exact) mass is 267 g/mol. The first-order valence-corrected chi connectivity index (χ1v) is 8.75. The van der Waals surface area contributed by atoms with Gasteiger partial charge < -0.3 is 5.32 Å². The van der Waals surface area contributed by atoms with Gasteiger partial charge in [0.15, 0.2) is 0 Å². The lowest BCUT2D eigenvalue weighted by atomic mass is 9.69. The Morgan fingerprint density at radius 2 is 1.68 bits per heavy atom. The lowest BCUT2D eigenvalue weighted by Crippen LogP contribution is -2.48. The highest BCUT2D eigenvalue weighted by molar-refractivity contribution is 4.89. The van der Waals surface area contributed by atoms with E-state index >= 15 is 0 Å². The molecule has 0 aromatic rings. The van der Waals surface area contributed by atoms with Gasteiger partial charge in [-0.3, -0.25) is 0 Å². The maximum Gasteiger partial charge on any atom is 0.0103 e. The van der Waals surface area contributed by atoms with Crippen LogP contribution in [0.4, 0.5) is 0 Å². The molecule has 1 saturated carbocycles. The maximum absolute atomic E-state index is 4.05. The van der Waals surface area contributed by atoms with E-state index in [1.165, 1.54) is 57.8 Å². The molecule has 1 fully saturated rings. The zero-order chi connectivity index (χ0) is 14.3. The van der Waals surface area contributed by atoms with Crippen LogP contribution in [0.3, 0.4) is 0 Å². The molecule has 0 aromatic carbocycles. The van der Waals surface area contributed by atoms with Gasteiger partial charge in [0.05, 0.1) is 0 Å². The van der Waals surface area contributed by atoms with E-state index < -0.39 is 0 Å². The summed E-state index contributed by atoms with van der Waals surface area (Å²) in [4.78, 5) is 0. The van der Waals surface area contributed by atoms with Crippen molar-refractivity contribution in [3.05, 3.63) is 0 Å². The van der Waals surface area contributed by atoms with Crippen molar-refractivity contribution in [2.75, 3.05) is 0 Å². The zero-order valence-electron chi connectivity index (χ0n) is 14.1. The van der Waals surface area contributed by atoms with E-state index in [1.807, 2.05) is 0 Å². The third-order valence-electron chi connectivity index (χ3n) is 4.87. The molecule has 0 radical (unpaired) electrons. The summed E-state index contributed by atoms with van der Waals surface area (Å²) in [6.07, 6.45) is 12.4. The molecular weight excluding hydrogens is 230 g/mol. The average Bonchev–Trinajstić information content (AvgIpc) is 2.35. The lowest BCUT2D eigenvalue weighted by Gasteiger charge is -2.42. The highest BCUT2D eigenvalue weighted by Crippen LogP contribution is 2.38. The second kappa shape index (κ2) is 8.29. The second-order valence-electron chi connectivity index (χ2n) is 7.66. The largest absolute Gasteiger partial charge is 0.311 e. The predicted molar refractivity (Wildman–Crippen MR) is 86.6 cm³/mol. The summed E-state index contributed by atoms with van der Waals surface area (Å²) >= 11 is 0. The molecule has 3 unspecified atom stereocenters. The summed E-state index contributed by atoms with van der Waals surface area (Å²) in [5, 5.41) is 4.05. The van der Waals surface area contributed by atoms with Crippen molar-refractivity contribution in [3.63, 3.8) is 0 Å². The molecule has 0 aliphatic heterocycles. The van der Waals surface area contributed by atoms with Crippen LogP contribution in [0.2, 0.25) is 0 Å². The standard InChI is InChI=1S/C18H37N/c1-6-8-12-15(11-7-2)19-17-14-10-9-13-16(17)18(3,4)5/h15-17,19H,6-14H2,1-5H3. The summed E-state index contributed by atoms with van der Waals surface area (Å²) in [6, 6.07) is 1.53. The van der Waals surface area contributed by atoms with Crippen molar-refractivity contribution < 1.29 is 0 Å². The van der Waals surface area contributed by atoms with Gasteiger partial charge in [0.2, 0.25) is 0 Å². The van der Waals surface area contributed by atoms with Crippen molar-refractivity contribution in [1.82, 2.24) is 5.32 Å². The minimum Gasteiger partial charge on any atom is -0.311 e. The van der Waals surface area contributed by atoms with Crippen LogP contribution in [0.15, 0.2) is 0 Å². The summed E-state index contributed by atoms with van der Waals surface area (Å²) < 4.78 is 0. The Bertz CT molecular complexity index is 228. The van der Waals surface area contributed by atoms with Crippen molar-refractivity contribution in [1.29, 1.82) is 0 Å². The molecule has 114 valence electrons. The van der Waals surface area contributed by atoms with Crippen LogP contribution in [-0.4, -0.2) is 12.1 Å². The third kappa shape index (κ3) is 5.85. The first-order valence-electron chi connectivity index (χ1n) is 8.75. The minimum atomic E-state index is 0.458. The average molecular weight is 268 g/mol. The fourth-order valence-corrected chi connectivity index (χ4v) is 3.78. The van der Waals surface area contributed by atoms with Gasteiger partial charge in [-0.15, -0.1) is 0 Å².